The number of amides is 1. The summed E-state index contributed by atoms with van der Waals surface area (Å²) < 4.78 is 16.9. The molecule has 0 bridgehead atoms. The molecule has 8 heteroatoms. The zero-order valence-corrected chi connectivity index (χ0v) is 19.3. The van der Waals surface area contributed by atoms with Gasteiger partial charge < -0.3 is 18.9 Å². The number of carbonyl (C=O) groups is 2. The molecule has 0 atom stereocenters. The van der Waals surface area contributed by atoms with Crippen molar-refractivity contribution in [1.82, 2.24) is 0 Å². The van der Waals surface area contributed by atoms with Crippen LogP contribution in [0, 0.1) is 0 Å². The lowest BCUT2D eigenvalue weighted by atomic mass is 10.1. The first kappa shape index (κ1) is 21.7. The van der Waals surface area contributed by atoms with Crippen LogP contribution >= 0.6 is 15.9 Å². The highest BCUT2D eigenvalue weighted by Crippen LogP contribution is 2.34. The maximum atomic E-state index is 13.4. The average Bonchev–Trinajstić information content (AvgIpc) is 3.21. The molecule has 5 aromatic rings. The summed E-state index contributed by atoms with van der Waals surface area (Å²) in [6.07, 6.45) is 0. The lowest BCUT2D eigenvalue weighted by Crippen LogP contribution is -2.21. The number of ketones is 1. The molecule has 0 saturated carbocycles. The number of furan rings is 1. The van der Waals surface area contributed by atoms with Gasteiger partial charge in [0.1, 0.15) is 22.5 Å². The number of fused-ring (bicyclic) bond motifs is 2. The Labute approximate surface area is 201 Å². The zero-order chi connectivity index (χ0) is 23.8. The summed E-state index contributed by atoms with van der Waals surface area (Å²) in [7, 11) is 1.53. The summed E-state index contributed by atoms with van der Waals surface area (Å²) in [6, 6.07) is 20.1. The van der Waals surface area contributed by atoms with Crippen molar-refractivity contribution in [3.05, 3.63) is 105 Å². The molecule has 0 aliphatic rings. The van der Waals surface area contributed by atoms with Gasteiger partial charge in [0.25, 0.3) is 5.91 Å². The minimum absolute atomic E-state index is 0.0585. The largest absolute Gasteiger partial charge is 0.496 e. The summed E-state index contributed by atoms with van der Waals surface area (Å²) >= 11 is 3.38. The van der Waals surface area contributed by atoms with Gasteiger partial charge in [-0.2, -0.15) is 0 Å². The van der Waals surface area contributed by atoms with Crippen LogP contribution in [0.1, 0.15) is 26.5 Å². The van der Waals surface area contributed by atoms with Crippen molar-refractivity contribution in [3.63, 3.8) is 0 Å². The van der Waals surface area contributed by atoms with E-state index in [0.29, 0.717) is 37.7 Å². The van der Waals surface area contributed by atoms with Crippen molar-refractivity contribution >= 4 is 55.2 Å². The number of halogens is 1. The van der Waals surface area contributed by atoms with Crippen LogP contribution in [0.15, 0.2) is 90.9 Å². The van der Waals surface area contributed by atoms with E-state index in [1.165, 1.54) is 13.2 Å². The summed E-state index contributed by atoms with van der Waals surface area (Å²) in [5.74, 6) is -0.647. The smallest absolute Gasteiger partial charge is 0.349 e. The highest BCUT2D eigenvalue weighted by Gasteiger charge is 2.25. The summed E-state index contributed by atoms with van der Waals surface area (Å²) in [5, 5.41) is 3.82. The molecule has 0 radical (unpaired) electrons. The Kier molecular flexibility index (Phi) is 5.51. The third kappa shape index (κ3) is 3.78. The van der Waals surface area contributed by atoms with E-state index in [9.17, 15) is 14.4 Å². The van der Waals surface area contributed by atoms with E-state index in [1.807, 2.05) is 0 Å². The quantitative estimate of drug-likeness (QED) is 0.234. The molecule has 0 aliphatic carbocycles. The van der Waals surface area contributed by atoms with Gasteiger partial charge in [0.05, 0.1) is 17.3 Å². The van der Waals surface area contributed by atoms with Crippen LogP contribution in [0.25, 0.3) is 21.9 Å². The highest BCUT2D eigenvalue weighted by molar-refractivity contribution is 9.10. The van der Waals surface area contributed by atoms with E-state index in [0.717, 1.165) is 0 Å². The van der Waals surface area contributed by atoms with Crippen LogP contribution in [0.3, 0.4) is 0 Å². The van der Waals surface area contributed by atoms with E-state index in [4.69, 9.17) is 13.6 Å². The van der Waals surface area contributed by atoms with Crippen molar-refractivity contribution in [2.75, 3.05) is 12.4 Å². The fourth-order valence-corrected chi connectivity index (χ4v) is 4.21. The van der Waals surface area contributed by atoms with Crippen LogP contribution in [0.4, 0.5) is 5.69 Å². The Morgan fingerprint density at radius 3 is 2.41 bits per heavy atom. The predicted molar refractivity (Wildman–Crippen MR) is 131 cm³/mol. The Balaban J connectivity index is 1.59. The van der Waals surface area contributed by atoms with Gasteiger partial charge in [-0.3, -0.25) is 9.59 Å². The SMILES string of the molecule is COc1ccc(C(=O)c2oc3ccccc3c2NC(=O)c2cc3ccccc3oc2=O)cc1Br. The molecule has 0 aliphatic heterocycles. The van der Waals surface area contributed by atoms with Gasteiger partial charge in [-0.25, -0.2) is 4.79 Å². The Hall–Kier alpha value is -4.17. The maximum Gasteiger partial charge on any atom is 0.349 e. The van der Waals surface area contributed by atoms with E-state index >= 15 is 0 Å². The first-order chi connectivity index (χ1) is 16.5. The molecular weight excluding hydrogens is 502 g/mol. The summed E-state index contributed by atoms with van der Waals surface area (Å²) in [6.45, 7) is 0. The number of carbonyl (C=O) groups excluding carboxylic acids is 2. The van der Waals surface area contributed by atoms with Gasteiger partial charge in [0, 0.05) is 16.3 Å². The second-order valence-corrected chi connectivity index (χ2v) is 8.27. The number of para-hydroxylation sites is 2. The van der Waals surface area contributed by atoms with Gasteiger partial charge >= 0.3 is 5.63 Å². The molecule has 1 N–H and O–H groups in total. The highest BCUT2D eigenvalue weighted by atomic mass is 79.9. The van der Waals surface area contributed by atoms with E-state index in [2.05, 4.69) is 21.2 Å². The van der Waals surface area contributed by atoms with Crippen LogP contribution in [-0.2, 0) is 0 Å². The first-order valence-electron chi connectivity index (χ1n) is 10.2. The summed E-state index contributed by atoms with van der Waals surface area (Å²) in [5.41, 5.74) is 0.320. The van der Waals surface area contributed by atoms with Crippen LogP contribution in [0.2, 0.25) is 0 Å². The fraction of sp³-hybridized carbons (Fsp3) is 0.0385. The zero-order valence-electron chi connectivity index (χ0n) is 17.8. The topological polar surface area (TPSA) is 98.8 Å². The molecule has 5 rings (SSSR count). The van der Waals surface area contributed by atoms with E-state index in [1.54, 1.807) is 66.7 Å². The molecular formula is C26H16BrNO6. The lowest BCUT2D eigenvalue weighted by Gasteiger charge is -2.08. The molecule has 34 heavy (non-hydrogen) atoms. The summed E-state index contributed by atoms with van der Waals surface area (Å²) in [4.78, 5) is 39.0. The minimum Gasteiger partial charge on any atom is -0.496 e. The Morgan fingerprint density at radius 1 is 0.912 bits per heavy atom. The molecule has 168 valence electrons. The van der Waals surface area contributed by atoms with Crippen molar-refractivity contribution in [3.8, 4) is 5.75 Å². The number of hydrogen-bond donors (Lipinski definition) is 1. The molecule has 2 aromatic heterocycles. The van der Waals surface area contributed by atoms with Gasteiger partial charge in [0.2, 0.25) is 5.78 Å². The van der Waals surface area contributed by atoms with Crippen molar-refractivity contribution in [2.45, 2.75) is 0 Å². The van der Waals surface area contributed by atoms with Gasteiger partial charge in [0.15, 0.2) is 5.76 Å². The molecule has 7 nitrogen and oxygen atoms in total. The van der Waals surface area contributed by atoms with Crippen molar-refractivity contribution < 1.29 is 23.2 Å². The number of nitrogens with one attached hydrogen (secondary N) is 1. The normalized spacial score (nSPS) is 11.0. The second kappa shape index (κ2) is 8.64. The van der Waals surface area contributed by atoms with E-state index in [-0.39, 0.29) is 17.0 Å². The predicted octanol–water partition coefficient (Wildman–Crippen LogP) is 5.79. The van der Waals surface area contributed by atoms with Crippen molar-refractivity contribution in [1.29, 1.82) is 0 Å². The lowest BCUT2D eigenvalue weighted by molar-refractivity contribution is 0.101. The second-order valence-electron chi connectivity index (χ2n) is 7.42. The van der Waals surface area contributed by atoms with Gasteiger partial charge in [-0.05, 0) is 58.4 Å². The molecule has 0 fully saturated rings. The maximum absolute atomic E-state index is 13.4. The number of methoxy groups -OCH3 is 1. The molecule has 1 amide bonds. The standard InChI is InChI=1S/C26H16BrNO6/c1-32-21-11-10-15(13-18(21)27)23(29)24-22(16-7-3-5-9-20(16)33-24)28-25(30)17-12-14-6-2-4-8-19(14)34-26(17)31/h2-13H,1H3,(H,28,30). The monoisotopic (exact) mass is 517 g/mol. The number of benzene rings is 3. The molecule has 2 heterocycles. The fourth-order valence-electron chi connectivity index (χ4n) is 3.67. The average molecular weight is 518 g/mol. The van der Waals surface area contributed by atoms with Gasteiger partial charge in [-0.1, -0.05) is 30.3 Å². The number of rotatable bonds is 5. The number of anilines is 1. The van der Waals surface area contributed by atoms with Crippen molar-refractivity contribution in [2.24, 2.45) is 0 Å². The molecule has 0 spiro atoms. The van der Waals surface area contributed by atoms with Crippen LogP contribution < -0.4 is 15.7 Å². The molecule has 0 saturated heterocycles. The first-order valence-corrected chi connectivity index (χ1v) is 11.0. The molecule has 0 unspecified atom stereocenters. The van der Waals surface area contributed by atoms with Crippen LogP contribution in [-0.4, -0.2) is 18.8 Å². The Morgan fingerprint density at radius 2 is 1.65 bits per heavy atom. The third-order valence-corrected chi connectivity index (χ3v) is 5.96. The molecule has 3 aromatic carbocycles. The third-order valence-electron chi connectivity index (χ3n) is 5.34. The van der Waals surface area contributed by atoms with E-state index < -0.39 is 17.3 Å². The number of ether oxygens (including phenoxy) is 1. The Bertz CT molecular complexity index is 1650. The number of hydrogen-bond acceptors (Lipinski definition) is 6. The minimum atomic E-state index is -0.782. The van der Waals surface area contributed by atoms with Crippen LogP contribution in [0.5, 0.6) is 5.75 Å². The van der Waals surface area contributed by atoms with Gasteiger partial charge in [-0.15, -0.1) is 0 Å².